The highest BCUT2D eigenvalue weighted by Crippen LogP contribution is 2.21. The summed E-state index contributed by atoms with van der Waals surface area (Å²) in [6, 6.07) is 11.9. The van der Waals surface area contributed by atoms with Crippen LogP contribution >= 0.6 is 11.8 Å². The average Bonchev–Trinajstić information content (AvgIpc) is 3.26. The van der Waals surface area contributed by atoms with E-state index in [1.807, 2.05) is 0 Å². The average molecular weight is 441 g/mol. The first-order chi connectivity index (χ1) is 15.0. The Morgan fingerprint density at radius 1 is 1.10 bits per heavy atom. The molecule has 0 radical (unpaired) electrons. The van der Waals surface area contributed by atoms with E-state index < -0.39 is 17.8 Å². The number of hydrogen-bond donors (Lipinski definition) is 2. The van der Waals surface area contributed by atoms with Crippen LogP contribution in [-0.4, -0.2) is 33.3 Å². The summed E-state index contributed by atoms with van der Waals surface area (Å²) in [5, 5.41) is 5.81. The molecule has 9 heteroatoms. The lowest BCUT2D eigenvalue weighted by Crippen LogP contribution is -2.44. The van der Waals surface area contributed by atoms with Crippen LogP contribution in [0.15, 0.2) is 58.5 Å². The van der Waals surface area contributed by atoms with Gasteiger partial charge in [0.2, 0.25) is 5.91 Å². The number of aromatic nitrogens is 2. The normalized spacial score (nSPS) is 14.0. The summed E-state index contributed by atoms with van der Waals surface area (Å²) in [4.78, 5) is 41.9. The molecule has 3 aromatic rings. The van der Waals surface area contributed by atoms with Crippen molar-refractivity contribution < 1.29 is 14.0 Å². The molecular weight excluding hydrogens is 419 g/mol. The number of carbonyl (C=O) groups excluding carboxylic acids is 2. The second kappa shape index (κ2) is 9.30. The summed E-state index contributed by atoms with van der Waals surface area (Å²) in [5.41, 5.74) is 0.610. The van der Waals surface area contributed by atoms with Crippen molar-refractivity contribution >= 4 is 34.6 Å². The molecule has 1 saturated carbocycles. The molecule has 7 nitrogen and oxygen atoms in total. The molecule has 4 rings (SSSR count). The molecule has 1 aliphatic rings. The lowest BCUT2D eigenvalue weighted by atomic mass is 10.2. The number of rotatable bonds is 5. The molecule has 1 heterocycles. The summed E-state index contributed by atoms with van der Waals surface area (Å²) in [6.07, 6.45) is 3.98. The Bertz CT molecular complexity index is 1170. The predicted octanol–water partition coefficient (Wildman–Crippen LogP) is 3.39. The summed E-state index contributed by atoms with van der Waals surface area (Å²) in [5.74, 6) is -1.02. The van der Waals surface area contributed by atoms with E-state index in [9.17, 15) is 18.8 Å². The van der Waals surface area contributed by atoms with Gasteiger partial charge in [-0.25, -0.2) is 14.2 Å². The lowest BCUT2D eigenvalue weighted by Gasteiger charge is -2.14. The lowest BCUT2D eigenvalue weighted by molar-refractivity contribution is -0.117. The maximum Gasteiger partial charge on any atom is 0.321 e. The van der Waals surface area contributed by atoms with Crippen molar-refractivity contribution in [1.82, 2.24) is 20.2 Å². The number of halogens is 1. The van der Waals surface area contributed by atoms with Crippen molar-refractivity contribution in [2.75, 3.05) is 5.75 Å². The molecule has 1 aromatic heterocycles. The molecule has 0 bridgehead atoms. The van der Waals surface area contributed by atoms with Gasteiger partial charge in [-0.3, -0.25) is 19.5 Å². The minimum atomic E-state index is -0.514. The number of carbonyl (C=O) groups is 2. The van der Waals surface area contributed by atoms with Gasteiger partial charge >= 0.3 is 6.03 Å². The second-order valence-corrected chi connectivity index (χ2v) is 8.26. The molecule has 0 saturated heterocycles. The number of para-hydroxylation sites is 1. The monoisotopic (exact) mass is 440 g/mol. The number of hydrogen-bond acceptors (Lipinski definition) is 5. The van der Waals surface area contributed by atoms with Crippen LogP contribution in [-0.2, 0) is 4.79 Å². The maximum atomic E-state index is 13.4. The van der Waals surface area contributed by atoms with Gasteiger partial charge < -0.3 is 5.32 Å². The fourth-order valence-electron chi connectivity index (χ4n) is 3.61. The van der Waals surface area contributed by atoms with Crippen LogP contribution in [0.4, 0.5) is 9.18 Å². The van der Waals surface area contributed by atoms with Crippen LogP contribution in [0.3, 0.4) is 0 Å². The number of imide groups is 1. The highest BCUT2D eigenvalue weighted by molar-refractivity contribution is 7.99. The van der Waals surface area contributed by atoms with E-state index in [0.29, 0.717) is 16.6 Å². The summed E-state index contributed by atoms with van der Waals surface area (Å²) < 4.78 is 14.7. The number of nitrogens with one attached hydrogen (secondary N) is 2. The van der Waals surface area contributed by atoms with Gasteiger partial charge in [0.15, 0.2) is 5.16 Å². The number of amides is 3. The molecule has 2 N–H and O–H groups in total. The van der Waals surface area contributed by atoms with Gasteiger partial charge in [0.1, 0.15) is 5.82 Å². The van der Waals surface area contributed by atoms with Gasteiger partial charge in [0.05, 0.1) is 22.3 Å². The van der Waals surface area contributed by atoms with Crippen molar-refractivity contribution in [3.8, 4) is 5.69 Å². The van der Waals surface area contributed by atoms with Gasteiger partial charge in [0.25, 0.3) is 5.56 Å². The van der Waals surface area contributed by atoms with Crippen LogP contribution in [0.1, 0.15) is 25.7 Å². The quantitative estimate of drug-likeness (QED) is 0.469. The number of urea groups is 1. The van der Waals surface area contributed by atoms with Crippen LogP contribution < -0.4 is 16.2 Å². The summed E-state index contributed by atoms with van der Waals surface area (Å²) in [6.45, 7) is 0. The number of thioether (sulfide) groups is 1. The van der Waals surface area contributed by atoms with Gasteiger partial charge in [0, 0.05) is 6.04 Å². The van der Waals surface area contributed by atoms with Crippen molar-refractivity contribution in [2.24, 2.45) is 0 Å². The third kappa shape index (κ3) is 4.93. The van der Waals surface area contributed by atoms with Crippen molar-refractivity contribution in [3.05, 3.63) is 64.7 Å². The van der Waals surface area contributed by atoms with Crippen LogP contribution in [0.5, 0.6) is 0 Å². The molecule has 0 unspecified atom stereocenters. The number of fused-ring (bicyclic) bond motifs is 1. The first-order valence-electron chi connectivity index (χ1n) is 10.0. The molecule has 1 aliphatic carbocycles. The SMILES string of the molecule is O=C(CSc1nc2ccccc2c(=O)n1-c1ccc(F)cc1)NC(=O)NC1CCCC1. The van der Waals surface area contributed by atoms with Crippen LogP contribution in [0.2, 0.25) is 0 Å². The molecule has 0 atom stereocenters. The van der Waals surface area contributed by atoms with E-state index in [1.54, 1.807) is 24.3 Å². The molecule has 31 heavy (non-hydrogen) atoms. The highest BCUT2D eigenvalue weighted by atomic mass is 32.2. The predicted molar refractivity (Wildman–Crippen MR) is 117 cm³/mol. The standard InChI is InChI=1S/C22H21FN4O3S/c23-14-9-11-16(12-10-14)27-20(29)17-7-3-4-8-18(17)25-22(27)31-13-19(28)26-21(30)24-15-5-1-2-6-15/h3-4,7-12,15H,1-2,5-6,13H2,(H2,24,26,28,30). The minimum absolute atomic E-state index is 0.103. The Labute approximate surface area is 182 Å². The Morgan fingerprint density at radius 2 is 1.81 bits per heavy atom. The Morgan fingerprint density at radius 3 is 2.55 bits per heavy atom. The van der Waals surface area contributed by atoms with Crippen molar-refractivity contribution in [3.63, 3.8) is 0 Å². The summed E-state index contributed by atoms with van der Waals surface area (Å²) >= 11 is 1.03. The minimum Gasteiger partial charge on any atom is -0.335 e. The van der Waals surface area contributed by atoms with E-state index in [1.165, 1.54) is 28.8 Å². The Balaban J connectivity index is 1.55. The zero-order valence-corrected chi connectivity index (χ0v) is 17.5. The topological polar surface area (TPSA) is 93.1 Å². The molecule has 160 valence electrons. The van der Waals surface area contributed by atoms with E-state index in [-0.39, 0.29) is 22.5 Å². The molecule has 2 aromatic carbocycles. The Kier molecular flexibility index (Phi) is 6.31. The van der Waals surface area contributed by atoms with Gasteiger partial charge in [-0.1, -0.05) is 36.7 Å². The fourth-order valence-corrected chi connectivity index (χ4v) is 4.42. The van der Waals surface area contributed by atoms with Crippen LogP contribution in [0, 0.1) is 5.82 Å². The zero-order chi connectivity index (χ0) is 21.8. The zero-order valence-electron chi connectivity index (χ0n) is 16.6. The van der Waals surface area contributed by atoms with Gasteiger partial charge in [-0.15, -0.1) is 0 Å². The Hall–Kier alpha value is -3.20. The molecular formula is C22H21FN4O3S. The molecule has 3 amide bonds. The maximum absolute atomic E-state index is 13.4. The smallest absolute Gasteiger partial charge is 0.321 e. The van der Waals surface area contributed by atoms with E-state index >= 15 is 0 Å². The van der Waals surface area contributed by atoms with Gasteiger partial charge in [-0.05, 0) is 49.2 Å². The fraction of sp³-hybridized carbons (Fsp3) is 0.273. The second-order valence-electron chi connectivity index (χ2n) is 7.32. The highest BCUT2D eigenvalue weighted by Gasteiger charge is 2.19. The molecule has 1 fully saturated rings. The first kappa shape index (κ1) is 21.0. The first-order valence-corrected chi connectivity index (χ1v) is 11.0. The molecule has 0 spiro atoms. The van der Waals surface area contributed by atoms with E-state index in [2.05, 4.69) is 15.6 Å². The number of benzene rings is 2. The summed E-state index contributed by atoms with van der Waals surface area (Å²) in [7, 11) is 0. The van der Waals surface area contributed by atoms with Gasteiger partial charge in [-0.2, -0.15) is 0 Å². The molecule has 0 aliphatic heterocycles. The third-order valence-corrected chi connectivity index (χ3v) is 6.04. The van der Waals surface area contributed by atoms with E-state index in [4.69, 9.17) is 0 Å². The van der Waals surface area contributed by atoms with Crippen molar-refractivity contribution in [1.29, 1.82) is 0 Å². The van der Waals surface area contributed by atoms with Crippen LogP contribution in [0.25, 0.3) is 16.6 Å². The van der Waals surface area contributed by atoms with E-state index in [0.717, 1.165) is 37.4 Å². The largest absolute Gasteiger partial charge is 0.335 e. The number of nitrogens with zero attached hydrogens (tertiary/aromatic N) is 2. The third-order valence-electron chi connectivity index (χ3n) is 5.11. The van der Waals surface area contributed by atoms with Crippen molar-refractivity contribution in [2.45, 2.75) is 36.9 Å².